The van der Waals surface area contributed by atoms with Crippen molar-refractivity contribution in [1.82, 2.24) is 4.98 Å². The molecule has 0 saturated carbocycles. The van der Waals surface area contributed by atoms with Gasteiger partial charge in [0, 0.05) is 5.38 Å². The van der Waals surface area contributed by atoms with Gasteiger partial charge in [0.15, 0.2) is 5.13 Å². The van der Waals surface area contributed by atoms with Crippen LogP contribution < -0.4 is 5.73 Å². The quantitative estimate of drug-likeness (QED) is 0.837. The highest BCUT2D eigenvalue weighted by Gasteiger charge is 1.90. The maximum atomic E-state index is 8.95. The Morgan fingerprint density at radius 3 is 2.60 bits per heavy atom. The van der Waals surface area contributed by atoms with Gasteiger partial charge in [0.05, 0.1) is 12.8 Å². The molecule has 0 amide bonds. The molecule has 15 heavy (non-hydrogen) atoms. The molecule has 1 aromatic heterocycles. The van der Waals surface area contributed by atoms with Crippen LogP contribution in [0.5, 0.6) is 0 Å². The molecule has 86 valence electrons. The van der Waals surface area contributed by atoms with Gasteiger partial charge in [-0.05, 0) is 12.5 Å². The number of thiazole rings is 1. The van der Waals surface area contributed by atoms with E-state index in [9.17, 15) is 0 Å². The van der Waals surface area contributed by atoms with Crippen molar-refractivity contribution < 1.29 is 9.53 Å². The Bertz CT molecular complexity index is 289. The minimum absolute atomic E-state index is 0. The largest absolute Gasteiger partial charge is 0.471 e. The second kappa shape index (κ2) is 11.0. The van der Waals surface area contributed by atoms with Crippen LogP contribution in [0.2, 0.25) is 0 Å². The summed E-state index contributed by atoms with van der Waals surface area (Å²) < 4.78 is 3.86. The molecule has 0 atom stereocenters. The van der Waals surface area contributed by atoms with Crippen LogP contribution in [0.4, 0.5) is 5.13 Å². The first-order valence-corrected chi connectivity index (χ1v) is 4.96. The summed E-state index contributed by atoms with van der Waals surface area (Å²) in [7, 11) is 1.31. The van der Waals surface area contributed by atoms with E-state index >= 15 is 0 Å². The number of halogens is 1. The number of allylic oxidation sites excluding steroid dienone is 1. The van der Waals surface area contributed by atoms with Crippen molar-refractivity contribution in [3.8, 4) is 0 Å². The van der Waals surface area contributed by atoms with Crippen molar-refractivity contribution in [3.63, 3.8) is 0 Å². The number of anilines is 1. The molecule has 0 fully saturated rings. The summed E-state index contributed by atoms with van der Waals surface area (Å²) in [4.78, 5) is 13.0. The van der Waals surface area contributed by atoms with Crippen molar-refractivity contribution in [1.29, 1.82) is 0 Å². The third kappa shape index (κ3) is 9.24. The molecule has 0 aliphatic carbocycles. The van der Waals surface area contributed by atoms with Crippen LogP contribution >= 0.6 is 23.7 Å². The molecule has 1 aromatic rings. The molecule has 0 aliphatic heterocycles. The first-order valence-electron chi connectivity index (χ1n) is 4.08. The summed E-state index contributed by atoms with van der Waals surface area (Å²) >= 11 is 1.47. The number of rotatable bonds is 3. The zero-order valence-corrected chi connectivity index (χ0v) is 10.3. The van der Waals surface area contributed by atoms with Crippen LogP contribution in [0.15, 0.2) is 11.5 Å². The Morgan fingerprint density at radius 2 is 2.27 bits per heavy atom. The molecule has 0 saturated heterocycles. The number of methoxy groups -OCH3 is 1. The highest BCUT2D eigenvalue weighted by molar-refractivity contribution is 7.13. The number of nitrogens with two attached hydrogens (primary N) is 1. The van der Waals surface area contributed by atoms with Crippen LogP contribution in [0.1, 0.15) is 19.0 Å². The van der Waals surface area contributed by atoms with Crippen molar-refractivity contribution in [2.75, 3.05) is 12.8 Å². The van der Waals surface area contributed by atoms with Gasteiger partial charge in [-0.1, -0.05) is 13.0 Å². The van der Waals surface area contributed by atoms with Gasteiger partial charge in [-0.2, -0.15) is 0 Å². The molecule has 1 heterocycles. The van der Waals surface area contributed by atoms with E-state index in [1.165, 1.54) is 18.4 Å². The fourth-order valence-corrected chi connectivity index (χ4v) is 1.15. The Balaban J connectivity index is 0. The van der Waals surface area contributed by atoms with Gasteiger partial charge in [0.1, 0.15) is 0 Å². The Labute approximate surface area is 99.6 Å². The predicted molar refractivity (Wildman–Crippen MR) is 66.2 cm³/mol. The highest BCUT2D eigenvalue weighted by atomic mass is 35.5. The number of aromatic nitrogens is 1. The molecule has 2 N–H and O–H groups in total. The van der Waals surface area contributed by atoms with E-state index in [1.54, 1.807) is 0 Å². The third-order valence-corrected chi connectivity index (χ3v) is 1.85. The van der Waals surface area contributed by atoms with Crippen molar-refractivity contribution in [3.05, 3.63) is 17.2 Å². The molecule has 0 bridgehead atoms. The Morgan fingerprint density at radius 1 is 1.67 bits per heavy atom. The second-order valence-corrected chi connectivity index (χ2v) is 3.14. The van der Waals surface area contributed by atoms with Crippen molar-refractivity contribution in [2.45, 2.75) is 13.3 Å². The number of carbonyl (C=O) groups is 1. The normalized spacial score (nSPS) is 8.67. The lowest BCUT2D eigenvalue weighted by molar-refractivity contribution is -0.126. The molecule has 4 nitrogen and oxygen atoms in total. The summed E-state index contributed by atoms with van der Waals surface area (Å²) in [5, 5.41) is 2.58. The number of ether oxygens (including phenoxy) is 1. The lowest BCUT2D eigenvalue weighted by atomic mass is 10.4. The molecule has 6 heteroatoms. The van der Waals surface area contributed by atoms with Gasteiger partial charge in [0.25, 0.3) is 6.47 Å². The van der Waals surface area contributed by atoms with Gasteiger partial charge < -0.3 is 10.5 Å². The van der Waals surface area contributed by atoms with Crippen LogP contribution in [-0.2, 0) is 9.53 Å². The van der Waals surface area contributed by atoms with Crippen LogP contribution in [0, 0.1) is 0 Å². The standard InChI is InChI=1S/C7H10N2S.C2H4O2.ClH/c1-2-3-4-6-5-10-7(8)9-6;1-4-2-3;/h3-5H,2H2,1H3,(H2,8,9);2H,1H3;1H/b4-3+;;. The van der Waals surface area contributed by atoms with E-state index in [1.807, 2.05) is 11.5 Å². The van der Waals surface area contributed by atoms with E-state index in [0.717, 1.165) is 12.1 Å². The number of hydrogen-bond donors (Lipinski definition) is 1. The third-order valence-electron chi connectivity index (χ3n) is 1.16. The lowest BCUT2D eigenvalue weighted by Crippen LogP contribution is -1.80. The molecular weight excluding hydrogens is 236 g/mol. The molecule has 1 rings (SSSR count). The van der Waals surface area contributed by atoms with Gasteiger partial charge in [0.2, 0.25) is 0 Å². The fraction of sp³-hybridized carbons (Fsp3) is 0.333. The smallest absolute Gasteiger partial charge is 0.292 e. The summed E-state index contributed by atoms with van der Waals surface area (Å²) in [5.74, 6) is 0. The molecule has 0 radical (unpaired) electrons. The maximum Gasteiger partial charge on any atom is 0.292 e. The van der Waals surface area contributed by atoms with Crippen molar-refractivity contribution >= 4 is 41.4 Å². The summed E-state index contributed by atoms with van der Waals surface area (Å²) in [6.45, 7) is 2.46. The van der Waals surface area contributed by atoms with Crippen LogP contribution in [-0.4, -0.2) is 18.6 Å². The van der Waals surface area contributed by atoms with E-state index in [-0.39, 0.29) is 12.4 Å². The molecule has 0 unspecified atom stereocenters. The van der Waals surface area contributed by atoms with E-state index in [0.29, 0.717) is 11.6 Å². The SMILES string of the molecule is CC/C=C/c1csc(N)n1.COC=O.Cl. The average Bonchev–Trinajstić information content (AvgIpc) is 2.61. The molecule has 0 aromatic carbocycles. The molecule has 0 aliphatic rings. The average molecular weight is 251 g/mol. The number of hydrogen-bond acceptors (Lipinski definition) is 5. The van der Waals surface area contributed by atoms with Gasteiger partial charge in [-0.25, -0.2) is 4.98 Å². The monoisotopic (exact) mass is 250 g/mol. The Kier molecular flexibility index (Phi) is 12.0. The van der Waals surface area contributed by atoms with Crippen LogP contribution in [0.25, 0.3) is 6.08 Å². The minimum atomic E-state index is 0. The second-order valence-electron chi connectivity index (χ2n) is 2.25. The molecular formula is C9H15ClN2O2S. The number of nitrogens with zero attached hydrogens (tertiary/aromatic N) is 1. The van der Waals surface area contributed by atoms with Crippen molar-refractivity contribution in [2.24, 2.45) is 0 Å². The van der Waals surface area contributed by atoms with E-state index in [4.69, 9.17) is 10.5 Å². The molecule has 0 spiro atoms. The maximum absolute atomic E-state index is 8.95. The number of carbonyl (C=O) groups excluding carboxylic acids is 1. The lowest BCUT2D eigenvalue weighted by Gasteiger charge is -1.79. The Hall–Kier alpha value is -1.07. The fourth-order valence-electron chi connectivity index (χ4n) is 0.616. The summed E-state index contributed by atoms with van der Waals surface area (Å²) in [6.07, 6.45) is 5.08. The van der Waals surface area contributed by atoms with E-state index < -0.39 is 0 Å². The highest BCUT2D eigenvalue weighted by Crippen LogP contribution is 2.11. The minimum Gasteiger partial charge on any atom is -0.471 e. The topological polar surface area (TPSA) is 65.2 Å². The first-order chi connectivity index (χ1) is 6.74. The van der Waals surface area contributed by atoms with Crippen LogP contribution in [0.3, 0.4) is 0 Å². The van der Waals surface area contributed by atoms with Gasteiger partial charge in [-0.3, -0.25) is 4.79 Å². The summed E-state index contributed by atoms with van der Waals surface area (Å²) in [6, 6.07) is 0. The predicted octanol–water partition coefficient (Wildman–Crippen LogP) is 2.36. The first kappa shape index (κ1) is 16.4. The van der Waals surface area contributed by atoms with Gasteiger partial charge >= 0.3 is 0 Å². The van der Waals surface area contributed by atoms with Gasteiger partial charge in [-0.15, -0.1) is 23.7 Å². The van der Waals surface area contributed by atoms with E-state index in [2.05, 4.69) is 22.7 Å². The number of nitrogen functional groups attached to an aromatic ring is 1. The zero-order valence-electron chi connectivity index (χ0n) is 8.67. The zero-order chi connectivity index (χ0) is 10.8. The summed E-state index contributed by atoms with van der Waals surface area (Å²) in [5.41, 5.74) is 6.39.